The molecule has 8 unspecified atom stereocenters. The van der Waals surface area contributed by atoms with E-state index in [4.69, 9.17) is 14.2 Å². The topological polar surface area (TPSA) is 106 Å². The third kappa shape index (κ3) is 4.63. The molecule has 4 fully saturated rings. The van der Waals surface area contributed by atoms with Gasteiger partial charge in [-0.1, -0.05) is 31.9 Å². The number of nitrogens with one attached hydrogen (secondary N) is 2. The van der Waals surface area contributed by atoms with Crippen LogP contribution in [0.25, 0.3) is 0 Å². The average molecular weight is 538 g/mol. The van der Waals surface area contributed by atoms with Gasteiger partial charge in [-0.25, -0.2) is 0 Å². The molecule has 4 heterocycles. The predicted molar refractivity (Wildman–Crippen MR) is 144 cm³/mol. The zero-order valence-electron chi connectivity index (χ0n) is 22.8. The van der Waals surface area contributed by atoms with Gasteiger partial charge in [0.25, 0.3) is 0 Å². The second kappa shape index (κ2) is 10.6. The van der Waals surface area contributed by atoms with Crippen molar-refractivity contribution in [3.05, 3.63) is 36.4 Å². The van der Waals surface area contributed by atoms with Crippen molar-refractivity contribution in [3.8, 4) is 5.75 Å². The molecule has 9 nitrogen and oxygen atoms in total. The van der Waals surface area contributed by atoms with Gasteiger partial charge in [-0.05, 0) is 62.8 Å². The van der Waals surface area contributed by atoms with E-state index in [1.165, 1.54) is 6.42 Å². The number of hydrogen-bond acceptors (Lipinski definition) is 6. The molecule has 3 amide bonds. The van der Waals surface area contributed by atoms with E-state index in [2.05, 4.69) is 17.6 Å². The Labute approximate surface area is 229 Å². The fourth-order valence-electron chi connectivity index (χ4n) is 7.29. The summed E-state index contributed by atoms with van der Waals surface area (Å²) < 4.78 is 17.8. The lowest BCUT2D eigenvalue weighted by atomic mass is 9.74. The maximum absolute atomic E-state index is 14.1. The number of rotatable bonds is 8. The molecule has 5 aliphatic rings. The van der Waals surface area contributed by atoms with Crippen molar-refractivity contribution in [2.75, 3.05) is 25.1 Å². The van der Waals surface area contributed by atoms with Crippen LogP contribution in [0.4, 0.5) is 5.69 Å². The van der Waals surface area contributed by atoms with E-state index in [1.54, 1.807) is 29.2 Å². The van der Waals surface area contributed by atoms with Crippen molar-refractivity contribution in [1.82, 2.24) is 10.2 Å². The molecule has 1 aromatic rings. The van der Waals surface area contributed by atoms with Crippen LogP contribution in [-0.4, -0.2) is 72.3 Å². The highest BCUT2D eigenvalue weighted by atomic mass is 16.5. The molecule has 3 saturated heterocycles. The Morgan fingerprint density at radius 2 is 1.90 bits per heavy atom. The Kier molecular flexibility index (Phi) is 7.14. The number of amides is 3. The highest BCUT2D eigenvalue weighted by Crippen LogP contribution is 2.55. The van der Waals surface area contributed by atoms with Gasteiger partial charge >= 0.3 is 0 Å². The molecule has 0 radical (unpaired) electrons. The number of ether oxygens (including phenoxy) is 3. The molecule has 1 aromatic carbocycles. The minimum absolute atomic E-state index is 0.0720. The molecule has 4 aliphatic heterocycles. The molecule has 1 saturated carbocycles. The van der Waals surface area contributed by atoms with E-state index in [9.17, 15) is 14.4 Å². The monoisotopic (exact) mass is 537 g/mol. The number of carbonyl (C=O) groups excluding carboxylic acids is 3. The summed E-state index contributed by atoms with van der Waals surface area (Å²) >= 11 is 0. The zero-order chi connectivity index (χ0) is 27.1. The van der Waals surface area contributed by atoms with Crippen LogP contribution >= 0.6 is 0 Å². The van der Waals surface area contributed by atoms with E-state index < -0.39 is 29.6 Å². The van der Waals surface area contributed by atoms with E-state index in [1.807, 2.05) is 19.1 Å². The number of hydrogen-bond donors (Lipinski definition) is 2. The summed E-state index contributed by atoms with van der Waals surface area (Å²) in [6.45, 7) is 5.63. The summed E-state index contributed by atoms with van der Waals surface area (Å²) in [6, 6.07) is 6.40. The number of anilines is 1. The third-order valence-corrected chi connectivity index (χ3v) is 9.22. The molecule has 8 atom stereocenters. The highest BCUT2D eigenvalue weighted by Gasteiger charge is 2.73. The molecule has 2 N–H and O–H groups in total. The molecule has 1 aliphatic carbocycles. The van der Waals surface area contributed by atoms with Crippen molar-refractivity contribution in [2.24, 2.45) is 17.8 Å². The van der Waals surface area contributed by atoms with E-state index >= 15 is 0 Å². The Hall–Kier alpha value is -2.91. The SMILES string of the molecule is CCOc1ccc(NC(=O)C2C3C=CC4(O3)C2C(=O)N(CC2CCCO2)C4C(=O)NC2CCCCC2C)cc1. The Balaban J connectivity index is 1.26. The summed E-state index contributed by atoms with van der Waals surface area (Å²) in [4.78, 5) is 43.4. The van der Waals surface area contributed by atoms with Gasteiger partial charge in [-0.2, -0.15) is 0 Å². The van der Waals surface area contributed by atoms with Gasteiger partial charge in [0, 0.05) is 24.9 Å². The van der Waals surface area contributed by atoms with Crippen LogP contribution in [0.1, 0.15) is 52.4 Å². The van der Waals surface area contributed by atoms with Gasteiger partial charge < -0.3 is 29.7 Å². The first-order chi connectivity index (χ1) is 18.9. The van der Waals surface area contributed by atoms with Gasteiger partial charge in [0.2, 0.25) is 17.7 Å². The van der Waals surface area contributed by atoms with Crippen LogP contribution in [0, 0.1) is 17.8 Å². The number of fused-ring (bicyclic) bond motifs is 1. The lowest BCUT2D eigenvalue weighted by Gasteiger charge is -2.36. The summed E-state index contributed by atoms with van der Waals surface area (Å²) in [7, 11) is 0. The molecule has 210 valence electrons. The average Bonchev–Trinajstić information content (AvgIpc) is 3.70. The maximum Gasteiger partial charge on any atom is 0.246 e. The van der Waals surface area contributed by atoms with E-state index in [0.29, 0.717) is 31.4 Å². The minimum Gasteiger partial charge on any atom is -0.494 e. The molecule has 0 aromatic heterocycles. The number of benzene rings is 1. The maximum atomic E-state index is 14.1. The quantitative estimate of drug-likeness (QED) is 0.494. The first kappa shape index (κ1) is 26.3. The van der Waals surface area contributed by atoms with Gasteiger partial charge in [-0.3, -0.25) is 14.4 Å². The minimum atomic E-state index is -1.16. The third-order valence-electron chi connectivity index (χ3n) is 9.22. The van der Waals surface area contributed by atoms with Crippen molar-refractivity contribution >= 4 is 23.4 Å². The van der Waals surface area contributed by atoms with Gasteiger partial charge in [0.15, 0.2) is 0 Å². The lowest BCUT2D eigenvalue weighted by Crippen LogP contribution is -2.58. The van der Waals surface area contributed by atoms with Crippen molar-refractivity contribution in [1.29, 1.82) is 0 Å². The largest absolute Gasteiger partial charge is 0.494 e. The summed E-state index contributed by atoms with van der Waals surface area (Å²) in [5.41, 5.74) is -0.546. The second-order valence-electron chi connectivity index (χ2n) is 11.7. The fourth-order valence-corrected chi connectivity index (χ4v) is 7.29. The smallest absolute Gasteiger partial charge is 0.246 e. The molecule has 39 heavy (non-hydrogen) atoms. The normalized spacial score (nSPS) is 36.7. The molecule has 2 bridgehead atoms. The number of carbonyl (C=O) groups is 3. The summed E-state index contributed by atoms with van der Waals surface area (Å²) in [5, 5.41) is 6.24. The predicted octanol–water partition coefficient (Wildman–Crippen LogP) is 3.05. The standard InChI is InChI=1S/C30H39N3O6/c1-3-37-20-12-10-19(11-13-20)31-27(34)24-23-14-15-30(39-23)25(24)29(36)33(17-21-8-6-16-38-21)26(30)28(35)32-22-9-5-4-7-18(22)2/h10-15,18,21-26H,3-9,16-17H2,1-2H3,(H,31,34)(H,32,35). The molecule has 6 rings (SSSR count). The summed E-state index contributed by atoms with van der Waals surface area (Å²) in [6.07, 6.45) is 9.08. The van der Waals surface area contributed by atoms with E-state index in [-0.39, 0.29) is 29.9 Å². The Morgan fingerprint density at radius 3 is 2.62 bits per heavy atom. The van der Waals surface area contributed by atoms with Crippen LogP contribution in [-0.2, 0) is 23.9 Å². The Morgan fingerprint density at radius 1 is 1.10 bits per heavy atom. The van der Waals surface area contributed by atoms with Crippen molar-refractivity contribution in [3.63, 3.8) is 0 Å². The first-order valence-corrected chi connectivity index (χ1v) is 14.5. The van der Waals surface area contributed by atoms with Crippen LogP contribution in [0.15, 0.2) is 36.4 Å². The molecular formula is C30H39N3O6. The van der Waals surface area contributed by atoms with E-state index in [0.717, 1.165) is 37.9 Å². The number of nitrogens with zero attached hydrogens (tertiary/aromatic N) is 1. The molecule has 9 heteroatoms. The van der Waals surface area contributed by atoms with Crippen LogP contribution in [0.2, 0.25) is 0 Å². The molecule has 1 spiro atoms. The number of likely N-dealkylation sites (tertiary alicyclic amines) is 1. The van der Waals surface area contributed by atoms with Crippen molar-refractivity contribution < 1.29 is 28.6 Å². The van der Waals surface area contributed by atoms with Crippen LogP contribution in [0.3, 0.4) is 0 Å². The van der Waals surface area contributed by atoms with Crippen LogP contribution < -0.4 is 15.4 Å². The lowest BCUT2D eigenvalue weighted by molar-refractivity contribution is -0.143. The second-order valence-corrected chi connectivity index (χ2v) is 11.7. The van der Waals surface area contributed by atoms with Crippen molar-refractivity contribution in [2.45, 2.75) is 82.3 Å². The highest BCUT2D eigenvalue weighted by molar-refractivity contribution is 6.02. The van der Waals surface area contributed by atoms with Crippen LogP contribution in [0.5, 0.6) is 5.75 Å². The van der Waals surface area contributed by atoms with Gasteiger partial charge in [-0.15, -0.1) is 0 Å². The van der Waals surface area contributed by atoms with Gasteiger partial charge in [0.1, 0.15) is 17.4 Å². The fraction of sp³-hybridized carbons (Fsp3) is 0.633. The molecular weight excluding hydrogens is 498 g/mol. The van der Waals surface area contributed by atoms with Gasteiger partial charge in [0.05, 0.1) is 30.7 Å². The zero-order valence-corrected chi connectivity index (χ0v) is 22.8. The Bertz CT molecular complexity index is 1130. The summed E-state index contributed by atoms with van der Waals surface area (Å²) in [5.74, 6) is -1.08. The first-order valence-electron chi connectivity index (χ1n) is 14.5.